The smallest absolute Gasteiger partial charge is 0.236 e. The van der Waals surface area contributed by atoms with E-state index in [1.54, 1.807) is 23.3 Å². The molecule has 19 heavy (non-hydrogen) atoms. The number of nitrogens with zero attached hydrogens (tertiary/aromatic N) is 3. The number of hydrogen-bond acceptors (Lipinski definition) is 4. The van der Waals surface area contributed by atoms with E-state index in [2.05, 4.69) is 28.5 Å². The van der Waals surface area contributed by atoms with Crippen molar-refractivity contribution in [2.45, 2.75) is 25.3 Å². The van der Waals surface area contributed by atoms with Crippen LogP contribution in [0, 0.1) is 11.3 Å². The summed E-state index contributed by atoms with van der Waals surface area (Å²) in [5.41, 5.74) is 0. The molecule has 4 nitrogen and oxygen atoms in total. The minimum atomic E-state index is 0.110. The Morgan fingerprint density at radius 3 is 3.21 bits per heavy atom. The predicted molar refractivity (Wildman–Crippen MR) is 75.7 cm³/mol. The molecule has 1 aromatic rings. The Labute approximate surface area is 118 Å². The van der Waals surface area contributed by atoms with Crippen LogP contribution in [0.2, 0.25) is 0 Å². The molecule has 1 aliphatic heterocycles. The standard InChI is InChI=1S/C14H19N3OS/c1-16(8-4-7-15)14(18)11-17-9-2-5-12(17)13-6-3-10-19-13/h3,6,10,12H,2,4-5,8-9,11H2,1H3/t12-/m0/s1. The summed E-state index contributed by atoms with van der Waals surface area (Å²) in [4.78, 5) is 17.4. The lowest BCUT2D eigenvalue weighted by molar-refractivity contribution is -0.131. The van der Waals surface area contributed by atoms with Gasteiger partial charge < -0.3 is 4.90 Å². The zero-order valence-electron chi connectivity index (χ0n) is 11.2. The molecule has 0 spiro atoms. The summed E-state index contributed by atoms with van der Waals surface area (Å²) in [5.74, 6) is 0.110. The summed E-state index contributed by atoms with van der Waals surface area (Å²) in [5, 5.41) is 10.6. The molecule has 1 saturated heterocycles. The van der Waals surface area contributed by atoms with Gasteiger partial charge in [0.15, 0.2) is 0 Å². The topological polar surface area (TPSA) is 47.3 Å². The van der Waals surface area contributed by atoms with Crippen LogP contribution in [-0.2, 0) is 4.79 Å². The lowest BCUT2D eigenvalue weighted by Crippen LogP contribution is -2.38. The van der Waals surface area contributed by atoms with Crippen molar-refractivity contribution < 1.29 is 4.79 Å². The summed E-state index contributed by atoms with van der Waals surface area (Å²) >= 11 is 1.76. The van der Waals surface area contributed by atoms with Gasteiger partial charge in [0, 0.05) is 24.5 Å². The lowest BCUT2D eigenvalue weighted by Gasteiger charge is -2.25. The zero-order chi connectivity index (χ0) is 13.7. The van der Waals surface area contributed by atoms with Crippen molar-refractivity contribution in [3.8, 4) is 6.07 Å². The van der Waals surface area contributed by atoms with Crippen molar-refractivity contribution in [3.05, 3.63) is 22.4 Å². The predicted octanol–water partition coefficient (Wildman–Crippen LogP) is 2.26. The number of rotatable bonds is 5. The van der Waals surface area contributed by atoms with Crippen LogP contribution in [-0.4, -0.2) is 42.4 Å². The molecular weight excluding hydrogens is 258 g/mol. The van der Waals surface area contributed by atoms with Crippen molar-refractivity contribution in [2.75, 3.05) is 26.7 Å². The number of nitriles is 1. The van der Waals surface area contributed by atoms with Gasteiger partial charge in [0.1, 0.15) is 0 Å². The minimum absolute atomic E-state index is 0.110. The van der Waals surface area contributed by atoms with Crippen LogP contribution in [0.3, 0.4) is 0 Å². The van der Waals surface area contributed by atoms with E-state index in [-0.39, 0.29) is 5.91 Å². The van der Waals surface area contributed by atoms with Gasteiger partial charge in [0.05, 0.1) is 19.0 Å². The Hall–Kier alpha value is -1.38. The molecule has 5 heteroatoms. The number of hydrogen-bond donors (Lipinski definition) is 0. The Morgan fingerprint density at radius 1 is 1.68 bits per heavy atom. The Balaban J connectivity index is 1.91. The van der Waals surface area contributed by atoms with Crippen LogP contribution in [0.25, 0.3) is 0 Å². The summed E-state index contributed by atoms with van der Waals surface area (Å²) in [6.07, 6.45) is 2.68. The van der Waals surface area contributed by atoms with Crippen molar-refractivity contribution >= 4 is 17.2 Å². The van der Waals surface area contributed by atoms with Gasteiger partial charge in [-0.2, -0.15) is 5.26 Å². The van der Waals surface area contributed by atoms with Crippen molar-refractivity contribution in [2.24, 2.45) is 0 Å². The first-order chi connectivity index (χ1) is 9.22. The second kappa shape index (κ2) is 6.69. The number of carbonyl (C=O) groups is 1. The molecule has 102 valence electrons. The molecule has 0 unspecified atom stereocenters. The first-order valence-corrected chi connectivity index (χ1v) is 7.48. The van der Waals surface area contributed by atoms with Gasteiger partial charge in [0.25, 0.3) is 0 Å². The first kappa shape index (κ1) is 14.0. The molecule has 1 aromatic heterocycles. The average molecular weight is 277 g/mol. The van der Waals surface area contributed by atoms with Crippen LogP contribution in [0.5, 0.6) is 0 Å². The lowest BCUT2D eigenvalue weighted by atomic mass is 10.2. The minimum Gasteiger partial charge on any atom is -0.344 e. The van der Waals surface area contributed by atoms with E-state index in [1.807, 2.05) is 0 Å². The van der Waals surface area contributed by atoms with E-state index in [4.69, 9.17) is 5.26 Å². The zero-order valence-corrected chi connectivity index (χ0v) is 12.0. The summed E-state index contributed by atoms with van der Waals surface area (Å²) in [6.45, 7) is 1.97. The molecule has 1 atom stereocenters. The van der Waals surface area contributed by atoms with Crippen LogP contribution in [0.15, 0.2) is 17.5 Å². The molecule has 0 saturated carbocycles. The van der Waals surface area contributed by atoms with E-state index in [1.165, 1.54) is 4.88 Å². The van der Waals surface area contributed by atoms with Crippen LogP contribution < -0.4 is 0 Å². The number of amides is 1. The van der Waals surface area contributed by atoms with E-state index in [0.717, 1.165) is 19.4 Å². The van der Waals surface area contributed by atoms with Gasteiger partial charge >= 0.3 is 0 Å². The third-order valence-corrected chi connectivity index (χ3v) is 4.53. The van der Waals surface area contributed by atoms with Crippen molar-refractivity contribution in [1.29, 1.82) is 5.26 Å². The Kier molecular flexibility index (Phi) is 4.94. The van der Waals surface area contributed by atoms with Gasteiger partial charge in [-0.05, 0) is 30.8 Å². The summed E-state index contributed by atoms with van der Waals surface area (Å²) in [7, 11) is 1.77. The fraction of sp³-hybridized carbons (Fsp3) is 0.571. The van der Waals surface area contributed by atoms with Crippen molar-refractivity contribution in [1.82, 2.24) is 9.80 Å². The van der Waals surface area contributed by atoms with Gasteiger partial charge in [-0.15, -0.1) is 11.3 Å². The number of thiophene rings is 1. The maximum Gasteiger partial charge on any atom is 0.236 e. The number of likely N-dealkylation sites (tertiary alicyclic amines) is 1. The fourth-order valence-electron chi connectivity index (χ4n) is 2.46. The molecule has 0 aliphatic carbocycles. The Bertz CT molecular complexity index is 452. The van der Waals surface area contributed by atoms with Gasteiger partial charge in [-0.1, -0.05) is 6.07 Å². The quantitative estimate of drug-likeness (QED) is 0.829. The molecule has 1 fully saturated rings. The Morgan fingerprint density at radius 2 is 2.53 bits per heavy atom. The molecule has 1 amide bonds. The van der Waals surface area contributed by atoms with Gasteiger partial charge in [0.2, 0.25) is 5.91 Å². The normalized spacial score (nSPS) is 19.3. The molecule has 2 heterocycles. The molecule has 0 aromatic carbocycles. The van der Waals surface area contributed by atoms with Crippen LogP contribution >= 0.6 is 11.3 Å². The monoisotopic (exact) mass is 277 g/mol. The van der Waals surface area contributed by atoms with Gasteiger partial charge in [-0.3, -0.25) is 9.69 Å². The number of carbonyl (C=O) groups excluding carboxylic acids is 1. The van der Waals surface area contributed by atoms with Crippen LogP contribution in [0.4, 0.5) is 0 Å². The van der Waals surface area contributed by atoms with E-state index < -0.39 is 0 Å². The van der Waals surface area contributed by atoms with Gasteiger partial charge in [-0.25, -0.2) is 0 Å². The second-order valence-electron chi connectivity index (χ2n) is 4.87. The second-order valence-corrected chi connectivity index (χ2v) is 5.85. The van der Waals surface area contributed by atoms with E-state index in [0.29, 0.717) is 25.6 Å². The first-order valence-electron chi connectivity index (χ1n) is 6.60. The highest BCUT2D eigenvalue weighted by atomic mass is 32.1. The molecule has 0 radical (unpaired) electrons. The third kappa shape index (κ3) is 3.55. The molecule has 1 aliphatic rings. The molecule has 0 N–H and O–H groups in total. The largest absolute Gasteiger partial charge is 0.344 e. The summed E-state index contributed by atoms with van der Waals surface area (Å²) < 4.78 is 0. The van der Waals surface area contributed by atoms with E-state index in [9.17, 15) is 4.79 Å². The molecular formula is C14H19N3OS. The highest BCUT2D eigenvalue weighted by molar-refractivity contribution is 7.10. The third-order valence-electron chi connectivity index (χ3n) is 3.56. The van der Waals surface area contributed by atoms with Crippen LogP contribution in [0.1, 0.15) is 30.2 Å². The summed E-state index contributed by atoms with van der Waals surface area (Å²) in [6, 6.07) is 6.69. The molecule has 0 bridgehead atoms. The molecule has 2 rings (SSSR count). The highest BCUT2D eigenvalue weighted by Gasteiger charge is 2.28. The van der Waals surface area contributed by atoms with E-state index >= 15 is 0 Å². The van der Waals surface area contributed by atoms with Crippen molar-refractivity contribution in [3.63, 3.8) is 0 Å². The fourth-order valence-corrected chi connectivity index (χ4v) is 3.35. The highest BCUT2D eigenvalue weighted by Crippen LogP contribution is 2.34. The number of likely N-dealkylation sites (N-methyl/N-ethyl adjacent to an activating group) is 1. The SMILES string of the molecule is CN(CCC#N)C(=O)CN1CCC[C@H]1c1cccs1. The maximum absolute atomic E-state index is 12.1. The average Bonchev–Trinajstić information content (AvgIpc) is 3.05. The maximum atomic E-state index is 12.1.